The maximum Gasteiger partial charge on any atom is 0.260 e. The van der Waals surface area contributed by atoms with Crippen molar-refractivity contribution in [1.82, 2.24) is 4.72 Å². The van der Waals surface area contributed by atoms with Gasteiger partial charge in [-0.25, -0.2) is 39.1 Å². The third kappa shape index (κ3) is 4.84. The second kappa shape index (κ2) is 9.45. The predicted octanol–water partition coefficient (Wildman–Crippen LogP) is 4.67. The second-order valence-corrected chi connectivity index (χ2v) is 13.8. The number of benzene rings is 2. The molecule has 0 unspecified atom stereocenters. The smallest absolute Gasteiger partial charge is 0.260 e. The van der Waals surface area contributed by atoms with Crippen LogP contribution in [0.25, 0.3) is 0 Å². The molecule has 36 heavy (non-hydrogen) atoms. The van der Waals surface area contributed by atoms with Crippen LogP contribution in [-0.2, 0) is 24.6 Å². The fourth-order valence-electron chi connectivity index (χ4n) is 5.37. The number of hydrogen-bond acceptors (Lipinski definition) is 5. The summed E-state index contributed by atoms with van der Waals surface area (Å²) in [4.78, 5) is -0.166. The van der Waals surface area contributed by atoms with Gasteiger partial charge in [0.25, 0.3) is 5.92 Å². The second-order valence-electron chi connectivity index (χ2n) is 9.33. The van der Waals surface area contributed by atoms with Crippen molar-refractivity contribution in [3.8, 4) is 5.75 Å². The minimum atomic E-state index is -4.41. The lowest BCUT2D eigenvalue weighted by Gasteiger charge is -2.50. The zero-order valence-corrected chi connectivity index (χ0v) is 21.5. The fraction of sp³-hybridized carbons (Fsp3) is 0.478. The zero-order chi connectivity index (χ0) is 26.5. The van der Waals surface area contributed by atoms with Crippen LogP contribution in [0.3, 0.4) is 0 Å². The highest BCUT2D eigenvalue weighted by molar-refractivity contribution is 7.92. The first-order valence-electron chi connectivity index (χ1n) is 11.1. The number of halogens is 5. The standard InChI is InChI=1S/C23H24ClF4NO5S2/c1-22(27,28)13-35(30,31)29-11-14-3-2-10-23(36(32,33)16-6-4-15(24)5-7-16)17(14)12-34-21-19(26)9-8-18(25)20(21)23/h4-9,14,17,29H,2-3,10-13H2,1H3/t14-,17-,23-/m0/s1. The summed E-state index contributed by atoms with van der Waals surface area (Å²) in [5.74, 6) is -9.05. The summed E-state index contributed by atoms with van der Waals surface area (Å²) >= 11 is 5.92. The van der Waals surface area contributed by atoms with Crippen LogP contribution < -0.4 is 9.46 Å². The van der Waals surface area contributed by atoms with Crippen LogP contribution in [0.1, 0.15) is 31.7 Å². The van der Waals surface area contributed by atoms with Crippen molar-refractivity contribution in [3.05, 3.63) is 58.6 Å². The first-order chi connectivity index (χ1) is 16.7. The number of fused-ring (bicyclic) bond motifs is 3. The first kappa shape index (κ1) is 27.2. The van der Waals surface area contributed by atoms with Crippen LogP contribution in [0.15, 0.2) is 41.3 Å². The van der Waals surface area contributed by atoms with Gasteiger partial charge in [-0.3, -0.25) is 0 Å². The Labute approximate surface area is 212 Å². The summed E-state index contributed by atoms with van der Waals surface area (Å²) in [5, 5.41) is 0.274. The Hall–Kier alpha value is -1.89. The van der Waals surface area contributed by atoms with Crippen molar-refractivity contribution in [2.75, 3.05) is 18.9 Å². The predicted molar refractivity (Wildman–Crippen MR) is 125 cm³/mol. The lowest BCUT2D eigenvalue weighted by molar-refractivity contribution is 0.0468. The number of hydrogen-bond donors (Lipinski definition) is 1. The lowest BCUT2D eigenvalue weighted by Crippen LogP contribution is -2.56. The normalized spacial score (nSPS) is 24.5. The molecule has 0 aromatic heterocycles. The van der Waals surface area contributed by atoms with Gasteiger partial charge in [0.1, 0.15) is 16.3 Å². The highest BCUT2D eigenvalue weighted by Gasteiger charge is 2.60. The van der Waals surface area contributed by atoms with E-state index in [0.29, 0.717) is 13.3 Å². The average Bonchev–Trinajstić information content (AvgIpc) is 2.78. The van der Waals surface area contributed by atoms with Crippen LogP contribution in [0.5, 0.6) is 5.75 Å². The molecule has 4 rings (SSSR count). The van der Waals surface area contributed by atoms with Crippen LogP contribution in [0.4, 0.5) is 17.6 Å². The number of alkyl halides is 2. The molecule has 0 amide bonds. The SMILES string of the molecule is CC(F)(F)CS(=O)(=O)NC[C@@H]1CCC[C@@]2(S(=O)(=O)c3ccc(Cl)cc3)c3c(F)ccc(F)c3OC[C@@H]12. The Bertz CT molecular complexity index is 1360. The molecular formula is C23H24ClF4NO5S2. The largest absolute Gasteiger partial charge is 0.490 e. The molecule has 2 aliphatic rings. The molecule has 13 heteroatoms. The van der Waals surface area contributed by atoms with Crippen molar-refractivity contribution in [2.24, 2.45) is 11.8 Å². The van der Waals surface area contributed by atoms with Crippen LogP contribution in [0.2, 0.25) is 5.02 Å². The molecule has 0 radical (unpaired) electrons. The van der Waals surface area contributed by atoms with Crippen molar-refractivity contribution >= 4 is 31.5 Å². The van der Waals surface area contributed by atoms with Gasteiger partial charge in [0.05, 0.1) is 17.1 Å². The minimum Gasteiger partial charge on any atom is -0.490 e. The van der Waals surface area contributed by atoms with E-state index in [0.717, 1.165) is 12.1 Å². The van der Waals surface area contributed by atoms with Crippen LogP contribution in [-0.4, -0.2) is 41.7 Å². The summed E-state index contributed by atoms with van der Waals surface area (Å²) in [6, 6.07) is 6.94. The molecular weight excluding hydrogens is 546 g/mol. The Balaban J connectivity index is 1.83. The van der Waals surface area contributed by atoms with Gasteiger partial charge >= 0.3 is 0 Å². The van der Waals surface area contributed by atoms with Gasteiger partial charge in [0.15, 0.2) is 21.4 Å². The van der Waals surface area contributed by atoms with E-state index >= 15 is 4.39 Å². The highest BCUT2D eigenvalue weighted by Crippen LogP contribution is 2.58. The number of ether oxygens (including phenoxy) is 1. The van der Waals surface area contributed by atoms with Gasteiger partial charge in [0, 0.05) is 24.4 Å². The molecule has 1 aliphatic carbocycles. The number of sulfonamides is 1. The molecule has 1 fully saturated rings. The zero-order valence-electron chi connectivity index (χ0n) is 19.1. The third-order valence-electron chi connectivity index (χ3n) is 6.79. The Kier molecular flexibility index (Phi) is 7.13. The molecule has 3 atom stereocenters. The highest BCUT2D eigenvalue weighted by atomic mass is 35.5. The Morgan fingerprint density at radius 1 is 1.08 bits per heavy atom. The summed E-state index contributed by atoms with van der Waals surface area (Å²) in [7, 11) is -8.81. The van der Waals surface area contributed by atoms with Gasteiger partial charge in [-0.15, -0.1) is 0 Å². The van der Waals surface area contributed by atoms with Crippen LogP contribution in [0, 0.1) is 23.5 Å². The monoisotopic (exact) mass is 569 g/mol. The average molecular weight is 570 g/mol. The third-order valence-corrected chi connectivity index (χ3v) is 11.1. The number of nitrogens with one attached hydrogen (secondary N) is 1. The molecule has 1 N–H and O–H groups in total. The molecule has 2 aromatic rings. The van der Waals surface area contributed by atoms with Gasteiger partial charge in [-0.05, 0) is 55.2 Å². The number of rotatable bonds is 7. The van der Waals surface area contributed by atoms with E-state index in [1.54, 1.807) is 0 Å². The number of sulfone groups is 1. The van der Waals surface area contributed by atoms with Gasteiger partial charge in [-0.2, -0.15) is 0 Å². The summed E-state index contributed by atoms with van der Waals surface area (Å²) in [5.41, 5.74) is -0.443. The van der Waals surface area contributed by atoms with E-state index in [2.05, 4.69) is 4.72 Å². The molecule has 2 aromatic carbocycles. The minimum absolute atomic E-state index is 0.0738. The van der Waals surface area contributed by atoms with Crippen LogP contribution >= 0.6 is 11.6 Å². The lowest BCUT2D eigenvalue weighted by atomic mass is 9.67. The summed E-state index contributed by atoms with van der Waals surface area (Å²) in [6.07, 6.45) is 0.480. The maximum atomic E-state index is 15.3. The first-order valence-corrected chi connectivity index (χ1v) is 14.7. The fourth-order valence-corrected chi connectivity index (χ4v) is 9.18. The Morgan fingerprint density at radius 2 is 1.72 bits per heavy atom. The molecule has 0 saturated heterocycles. The molecule has 1 aliphatic heterocycles. The maximum absolute atomic E-state index is 15.3. The molecule has 0 spiro atoms. The topological polar surface area (TPSA) is 89.5 Å². The van der Waals surface area contributed by atoms with Gasteiger partial charge in [-0.1, -0.05) is 18.0 Å². The van der Waals surface area contributed by atoms with Crippen molar-refractivity contribution < 1.29 is 39.1 Å². The van der Waals surface area contributed by atoms with Crippen molar-refractivity contribution in [3.63, 3.8) is 0 Å². The van der Waals surface area contributed by atoms with Crippen molar-refractivity contribution in [2.45, 2.75) is 41.8 Å². The van der Waals surface area contributed by atoms with E-state index in [9.17, 15) is 30.0 Å². The van der Waals surface area contributed by atoms with E-state index < -0.39 is 71.1 Å². The summed E-state index contributed by atoms with van der Waals surface area (Å²) < 4.78 is 115. The quantitative estimate of drug-likeness (QED) is 0.490. The Morgan fingerprint density at radius 3 is 2.36 bits per heavy atom. The molecule has 6 nitrogen and oxygen atoms in total. The van der Waals surface area contributed by atoms with Gasteiger partial charge < -0.3 is 4.74 Å². The van der Waals surface area contributed by atoms with Gasteiger partial charge in [0.2, 0.25) is 10.0 Å². The van der Waals surface area contributed by atoms with E-state index in [1.165, 1.54) is 24.3 Å². The van der Waals surface area contributed by atoms with E-state index in [1.807, 2.05) is 0 Å². The van der Waals surface area contributed by atoms with E-state index in [-0.39, 0.29) is 35.9 Å². The molecule has 1 heterocycles. The van der Waals surface area contributed by atoms with Crippen molar-refractivity contribution in [1.29, 1.82) is 0 Å². The molecule has 1 saturated carbocycles. The van der Waals surface area contributed by atoms with E-state index in [4.69, 9.17) is 16.3 Å². The molecule has 198 valence electrons. The molecule has 0 bridgehead atoms. The summed E-state index contributed by atoms with van der Waals surface area (Å²) in [6.45, 7) is -0.229.